The van der Waals surface area contributed by atoms with Crippen molar-refractivity contribution in [2.75, 3.05) is 62.4 Å². The van der Waals surface area contributed by atoms with Gasteiger partial charge in [0.25, 0.3) is 0 Å². The summed E-state index contributed by atoms with van der Waals surface area (Å²) < 4.78 is 5.43. The molecule has 2 saturated heterocycles. The van der Waals surface area contributed by atoms with Crippen molar-refractivity contribution in [1.82, 2.24) is 19.9 Å². The highest BCUT2D eigenvalue weighted by atomic mass is 16.5. The largest absolute Gasteiger partial charge is 0.383 e. The minimum absolute atomic E-state index is 0.315. The molecule has 2 fully saturated rings. The van der Waals surface area contributed by atoms with Gasteiger partial charge in [-0.15, -0.1) is 0 Å². The van der Waals surface area contributed by atoms with Crippen molar-refractivity contribution < 1.29 is 4.74 Å². The zero-order valence-electron chi connectivity index (χ0n) is 24.1. The van der Waals surface area contributed by atoms with Gasteiger partial charge in [-0.1, -0.05) is 13.8 Å². The minimum atomic E-state index is 0.315. The van der Waals surface area contributed by atoms with E-state index < -0.39 is 0 Å². The quantitative estimate of drug-likeness (QED) is 0.360. The van der Waals surface area contributed by atoms with Crippen LogP contribution in [0.3, 0.4) is 0 Å². The molecule has 8 nitrogen and oxygen atoms in total. The van der Waals surface area contributed by atoms with Gasteiger partial charge in [-0.05, 0) is 92.9 Å². The molecule has 1 aromatic carbocycles. The number of aromatic nitrogens is 3. The van der Waals surface area contributed by atoms with Gasteiger partial charge in [0.2, 0.25) is 5.95 Å². The number of aryl methyl sites for hydroxylation is 2. The predicted octanol–water partition coefficient (Wildman–Crippen LogP) is 5.31. The minimum Gasteiger partial charge on any atom is -0.383 e. The van der Waals surface area contributed by atoms with Crippen LogP contribution in [-0.2, 0) is 11.2 Å². The maximum absolute atomic E-state index is 6.32. The maximum atomic E-state index is 6.32. The third kappa shape index (κ3) is 6.34. The highest BCUT2D eigenvalue weighted by Crippen LogP contribution is 2.46. The van der Waals surface area contributed by atoms with E-state index in [1.54, 1.807) is 6.20 Å². The lowest BCUT2D eigenvalue weighted by molar-refractivity contribution is 0.00531. The molecule has 0 radical (unpaired) electrons. The summed E-state index contributed by atoms with van der Waals surface area (Å²) in [6, 6.07) is 12.4. The van der Waals surface area contributed by atoms with Gasteiger partial charge >= 0.3 is 0 Å². The fourth-order valence-electron chi connectivity index (χ4n) is 7.02. The number of nitrogens with one attached hydrogen (secondary N) is 1. The second kappa shape index (κ2) is 11.1. The number of nitrogens with two attached hydrogens (primary N) is 1. The average molecular weight is 530 g/mol. The lowest BCUT2D eigenvalue weighted by Gasteiger charge is -2.57. The van der Waals surface area contributed by atoms with Crippen molar-refractivity contribution in [1.29, 1.82) is 0 Å². The van der Waals surface area contributed by atoms with E-state index in [9.17, 15) is 0 Å². The molecule has 5 rings (SSSR count). The second-order valence-corrected chi connectivity index (χ2v) is 12.3. The first-order valence-corrected chi connectivity index (χ1v) is 14.1. The number of anilines is 4. The van der Waals surface area contributed by atoms with Crippen LogP contribution in [0.5, 0.6) is 0 Å². The third-order valence-electron chi connectivity index (χ3n) is 7.94. The second-order valence-electron chi connectivity index (χ2n) is 12.3. The third-order valence-corrected chi connectivity index (χ3v) is 7.94. The fourth-order valence-corrected chi connectivity index (χ4v) is 7.02. The smallest absolute Gasteiger partial charge is 0.227 e. The van der Waals surface area contributed by atoms with Gasteiger partial charge < -0.3 is 25.6 Å². The molecule has 0 saturated carbocycles. The van der Waals surface area contributed by atoms with Crippen molar-refractivity contribution in [2.24, 2.45) is 10.8 Å². The van der Waals surface area contributed by atoms with Gasteiger partial charge in [-0.25, -0.2) is 15.0 Å². The van der Waals surface area contributed by atoms with E-state index in [-0.39, 0.29) is 0 Å². The monoisotopic (exact) mass is 529 g/mol. The van der Waals surface area contributed by atoms with Crippen LogP contribution in [0.4, 0.5) is 23.1 Å². The molecule has 0 aliphatic carbocycles. The molecule has 2 unspecified atom stereocenters. The number of rotatable bonds is 9. The Morgan fingerprint density at radius 1 is 1.03 bits per heavy atom. The maximum Gasteiger partial charge on any atom is 0.227 e. The van der Waals surface area contributed by atoms with E-state index in [1.165, 1.54) is 17.7 Å². The van der Waals surface area contributed by atoms with Crippen molar-refractivity contribution in [3.63, 3.8) is 0 Å². The predicted molar refractivity (Wildman–Crippen MR) is 159 cm³/mol. The van der Waals surface area contributed by atoms with Crippen molar-refractivity contribution in [3.8, 4) is 11.3 Å². The summed E-state index contributed by atoms with van der Waals surface area (Å²) in [6.45, 7) is 15.0. The highest BCUT2D eigenvalue weighted by molar-refractivity contribution is 5.72. The zero-order chi connectivity index (χ0) is 27.6. The van der Waals surface area contributed by atoms with Crippen LogP contribution in [0.2, 0.25) is 0 Å². The van der Waals surface area contributed by atoms with E-state index in [2.05, 4.69) is 71.1 Å². The molecular weight excluding hydrogens is 486 g/mol. The van der Waals surface area contributed by atoms with E-state index >= 15 is 0 Å². The van der Waals surface area contributed by atoms with Gasteiger partial charge in [0.15, 0.2) is 0 Å². The van der Waals surface area contributed by atoms with Crippen molar-refractivity contribution in [2.45, 2.75) is 47.0 Å². The molecule has 4 heterocycles. The Kier molecular flexibility index (Phi) is 7.78. The summed E-state index contributed by atoms with van der Waals surface area (Å²) in [6.07, 6.45) is 4.81. The van der Waals surface area contributed by atoms with Crippen LogP contribution in [0.15, 0.2) is 42.6 Å². The van der Waals surface area contributed by atoms with Crippen LogP contribution < -0.4 is 16.0 Å². The Hall–Kier alpha value is -3.23. The number of hydrogen-bond acceptors (Lipinski definition) is 8. The molecule has 3 N–H and O–H groups in total. The fraction of sp³-hybridized carbons (Fsp3) is 0.516. The standard InChI is InChI=1S/C31H43N7O/c1-6-39-15-7-8-23-9-11-25(28(32)34-23)26-13-14-33-29(36-26)35-24-10-12-27(22(2)16-24)38-20-30(3)17-31(4,21-38)19-37(5)18-30/h9-14,16H,6-8,15,17-21H2,1-5H3,(H2,32,34)(H,33,35,36). The Bertz CT molecular complexity index is 1290. The lowest BCUT2D eigenvalue weighted by atomic mass is 9.65. The molecule has 2 aromatic heterocycles. The van der Waals surface area contributed by atoms with Gasteiger partial charge in [-0.3, -0.25) is 0 Å². The molecule has 2 aliphatic heterocycles. The molecule has 2 atom stereocenters. The molecule has 39 heavy (non-hydrogen) atoms. The van der Waals surface area contributed by atoms with Crippen LogP contribution in [-0.4, -0.2) is 66.3 Å². The number of hydrogen-bond donors (Lipinski definition) is 2. The lowest BCUT2D eigenvalue weighted by Crippen LogP contribution is -2.61. The molecule has 2 bridgehead atoms. The molecule has 8 heteroatoms. The van der Waals surface area contributed by atoms with Gasteiger partial charge in [0.05, 0.1) is 5.69 Å². The molecule has 3 aromatic rings. The molecule has 2 aliphatic rings. The number of likely N-dealkylation sites (tertiary alicyclic amines) is 1. The normalized spacial score (nSPS) is 23.2. The summed E-state index contributed by atoms with van der Waals surface area (Å²) in [5.41, 5.74) is 13.0. The highest BCUT2D eigenvalue weighted by Gasteiger charge is 2.47. The van der Waals surface area contributed by atoms with E-state index in [4.69, 9.17) is 15.5 Å². The van der Waals surface area contributed by atoms with Gasteiger partial charge in [-0.2, -0.15) is 0 Å². The van der Waals surface area contributed by atoms with Crippen LogP contribution in [0, 0.1) is 17.8 Å². The zero-order valence-corrected chi connectivity index (χ0v) is 24.1. The number of benzene rings is 1. The van der Waals surface area contributed by atoms with Crippen LogP contribution >= 0.6 is 0 Å². The average Bonchev–Trinajstić information content (AvgIpc) is 2.85. The molecule has 0 spiro atoms. The van der Waals surface area contributed by atoms with Gasteiger partial charge in [0.1, 0.15) is 5.82 Å². The number of nitrogens with zero attached hydrogens (tertiary/aromatic N) is 5. The van der Waals surface area contributed by atoms with E-state index in [0.29, 0.717) is 22.6 Å². The number of fused-ring (bicyclic) bond motifs is 2. The number of piperidine rings is 2. The number of ether oxygens (including phenoxy) is 1. The number of nitrogen functional groups attached to an aromatic ring is 1. The van der Waals surface area contributed by atoms with E-state index in [1.807, 2.05) is 25.1 Å². The topological polar surface area (TPSA) is 92.4 Å². The summed E-state index contributed by atoms with van der Waals surface area (Å²) in [7, 11) is 2.26. The molecular formula is C31H43N7O. The van der Waals surface area contributed by atoms with E-state index in [0.717, 1.165) is 74.9 Å². The van der Waals surface area contributed by atoms with Crippen molar-refractivity contribution in [3.05, 3.63) is 53.9 Å². The van der Waals surface area contributed by atoms with Crippen LogP contribution in [0.1, 0.15) is 44.9 Å². The summed E-state index contributed by atoms with van der Waals surface area (Å²) in [5, 5.41) is 3.39. The Morgan fingerprint density at radius 2 is 1.79 bits per heavy atom. The summed E-state index contributed by atoms with van der Waals surface area (Å²) >= 11 is 0. The van der Waals surface area contributed by atoms with Crippen LogP contribution in [0.25, 0.3) is 11.3 Å². The Morgan fingerprint density at radius 3 is 2.49 bits per heavy atom. The first kappa shape index (κ1) is 27.3. The first-order chi connectivity index (χ1) is 18.7. The summed E-state index contributed by atoms with van der Waals surface area (Å²) in [4.78, 5) is 18.9. The molecule has 208 valence electrons. The Balaban J connectivity index is 1.28. The molecule has 0 amide bonds. The van der Waals surface area contributed by atoms with Gasteiger partial charge in [0, 0.05) is 68.2 Å². The Labute approximate surface area is 233 Å². The van der Waals surface area contributed by atoms with Crippen molar-refractivity contribution >= 4 is 23.1 Å². The first-order valence-electron chi connectivity index (χ1n) is 14.1. The summed E-state index contributed by atoms with van der Waals surface area (Å²) in [5.74, 6) is 1.02. The number of pyridine rings is 1. The SMILES string of the molecule is CCOCCCc1ccc(-c2ccnc(Nc3ccc(N4CC5(C)CN(C)CC(C)(C4)C5)c(C)c3)n2)c(N)n1.